The molecule has 0 unspecified atom stereocenters. The van der Waals surface area contributed by atoms with Gasteiger partial charge in [0.25, 0.3) is 5.91 Å². The van der Waals surface area contributed by atoms with E-state index >= 15 is 0 Å². The van der Waals surface area contributed by atoms with Gasteiger partial charge in [0.1, 0.15) is 21.7 Å². The van der Waals surface area contributed by atoms with Crippen LogP contribution in [-0.2, 0) is 0 Å². The molecule has 1 aromatic heterocycles. The third kappa shape index (κ3) is 1.65. The quantitative estimate of drug-likeness (QED) is 0.714. The van der Waals surface area contributed by atoms with Crippen LogP contribution in [0.25, 0.3) is 0 Å². The van der Waals surface area contributed by atoms with Crippen molar-refractivity contribution in [3.05, 3.63) is 27.8 Å². The van der Waals surface area contributed by atoms with Crippen LogP contribution in [0.1, 0.15) is 10.4 Å². The summed E-state index contributed by atoms with van der Waals surface area (Å²) in [4.78, 5) is 14.0. The van der Waals surface area contributed by atoms with Gasteiger partial charge in [0.05, 0.1) is 0 Å². The molecule has 1 heterocycles. The molecule has 0 aromatic carbocycles. The second kappa shape index (κ2) is 3.25. The van der Waals surface area contributed by atoms with Gasteiger partial charge in [-0.3, -0.25) is 4.79 Å². The molecule has 1 amide bonds. The number of nitrogens with two attached hydrogens (primary N) is 1. The van der Waals surface area contributed by atoms with Gasteiger partial charge in [0.2, 0.25) is 0 Å². The van der Waals surface area contributed by atoms with Gasteiger partial charge in [-0.15, -0.1) is 0 Å². The Labute approximate surface area is 77.3 Å². The summed E-state index contributed by atoms with van der Waals surface area (Å²) in [6.07, 6.45) is 0. The Morgan fingerprint density at radius 1 is 1.58 bits per heavy atom. The van der Waals surface area contributed by atoms with E-state index < -0.39 is 17.3 Å². The van der Waals surface area contributed by atoms with E-state index in [2.05, 4.69) is 4.98 Å². The van der Waals surface area contributed by atoms with E-state index in [9.17, 15) is 9.18 Å². The predicted molar refractivity (Wildman–Crippen MR) is 42.7 cm³/mol. The minimum Gasteiger partial charge on any atom is -0.365 e. The first-order valence-corrected chi connectivity index (χ1v) is 3.59. The smallest absolute Gasteiger partial charge is 0.254 e. The molecule has 2 N–H and O–H groups in total. The lowest BCUT2D eigenvalue weighted by Crippen LogP contribution is -2.14. The van der Waals surface area contributed by atoms with Gasteiger partial charge in [-0.25, -0.2) is 9.37 Å². The summed E-state index contributed by atoms with van der Waals surface area (Å²) in [5.74, 6) is -1.84. The molecule has 0 fully saturated rings. The van der Waals surface area contributed by atoms with Gasteiger partial charge in [0.15, 0.2) is 0 Å². The Balaban J connectivity index is 3.38. The summed E-state index contributed by atoms with van der Waals surface area (Å²) < 4.78 is 12.9. The van der Waals surface area contributed by atoms with E-state index in [1.165, 1.54) is 0 Å². The van der Waals surface area contributed by atoms with Crippen LogP contribution in [0.15, 0.2) is 6.07 Å². The van der Waals surface area contributed by atoms with Crippen molar-refractivity contribution < 1.29 is 9.18 Å². The number of halogens is 3. The van der Waals surface area contributed by atoms with Gasteiger partial charge in [-0.2, -0.15) is 0 Å². The first-order chi connectivity index (χ1) is 5.52. The normalized spacial score (nSPS) is 9.92. The van der Waals surface area contributed by atoms with Crippen molar-refractivity contribution in [3.8, 4) is 0 Å². The summed E-state index contributed by atoms with van der Waals surface area (Å²) in [6, 6.07) is 0.869. The summed E-state index contributed by atoms with van der Waals surface area (Å²) in [5, 5.41) is -0.449. The lowest BCUT2D eigenvalue weighted by molar-refractivity contribution is 0.0996. The van der Waals surface area contributed by atoms with Crippen LogP contribution < -0.4 is 5.73 Å². The predicted octanol–water partition coefficient (Wildman–Crippen LogP) is 1.63. The van der Waals surface area contributed by atoms with E-state index in [1.54, 1.807) is 0 Å². The van der Waals surface area contributed by atoms with E-state index in [1.807, 2.05) is 0 Å². The van der Waals surface area contributed by atoms with Crippen molar-refractivity contribution in [2.75, 3.05) is 0 Å². The molecule has 0 radical (unpaired) electrons. The molecule has 0 aliphatic rings. The van der Waals surface area contributed by atoms with Crippen molar-refractivity contribution in [2.24, 2.45) is 5.73 Å². The standard InChI is InChI=1S/C6H3Cl2FN2O/c7-3-1-2(9)4(6(10)12)5(8)11-3/h1H,(H2,10,12). The SMILES string of the molecule is NC(=O)c1c(F)cc(Cl)nc1Cl. The summed E-state index contributed by atoms with van der Waals surface area (Å²) in [7, 11) is 0. The minimum absolute atomic E-state index is 0.123. The highest BCUT2D eigenvalue weighted by atomic mass is 35.5. The maximum atomic E-state index is 12.9. The molecule has 3 nitrogen and oxygen atoms in total. The van der Waals surface area contributed by atoms with Crippen molar-refractivity contribution in [3.63, 3.8) is 0 Å². The van der Waals surface area contributed by atoms with Crippen LogP contribution in [-0.4, -0.2) is 10.9 Å². The number of pyridine rings is 1. The number of primary amides is 1. The van der Waals surface area contributed by atoms with Crippen LogP contribution in [0.3, 0.4) is 0 Å². The zero-order valence-corrected chi connectivity index (χ0v) is 7.16. The molecule has 1 aromatic rings. The van der Waals surface area contributed by atoms with E-state index in [-0.39, 0.29) is 10.3 Å². The molecule has 0 spiro atoms. The topological polar surface area (TPSA) is 56.0 Å². The Morgan fingerprint density at radius 3 is 2.58 bits per heavy atom. The highest BCUT2D eigenvalue weighted by Crippen LogP contribution is 2.19. The molecule has 0 bridgehead atoms. The first-order valence-electron chi connectivity index (χ1n) is 2.83. The summed E-state index contributed by atoms with van der Waals surface area (Å²) in [5.41, 5.74) is 4.38. The van der Waals surface area contributed by atoms with Gasteiger partial charge in [-0.05, 0) is 0 Å². The summed E-state index contributed by atoms with van der Waals surface area (Å²) >= 11 is 10.7. The number of amides is 1. The molecular formula is C6H3Cl2FN2O. The van der Waals surface area contributed by atoms with Gasteiger partial charge in [-0.1, -0.05) is 23.2 Å². The van der Waals surface area contributed by atoms with Crippen molar-refractivity contribution in [2.45, 2.75) is 0 Å². The lowest BCUT2D eigenvalue weighted by atomic mass is 10.2. The molecule has 0 aliphatic carbocycles. The molecule has 1 rings (SSSR count). The highest BCUT2D eigenvalue weighted by Gasteiger charge is 2.15. The average Bonchev–Trinajstić information content (AvgIpc) is 1.82. The largest absolute Gasteiger partial charge is 0.365 e. The first kappa shape index (κ1) is 9.22. The van der Waals surface area contributed by atoms with Gasteiger partial charge < -0.3 is 5.73 Å². The number of aromatic nitrogens is 1. The molecule has 6 heteroatoms. The fraction of sp³-hybridized carbons (Fsp3) is 0. The lowest BCUT2D eigenvalue weighted by Gasteiger charge is -2.00. The van der Waals surface area contributed by atoms with Crippen molar-refractivity contribution in [1.82, 2.24) is 4.98 Å². The number of hydrogen-bond donors (Lipinski definition) is 1. The minimum atomic E-state index is -0.971. The van der Waals surface area contributed by atoms with Crippen LogP contribution in [0, 0.1) is 5.82 Å². The zero-order valence-electron chi connectivity index (χ0n) is 5.64. The van der Waals surface area contributed by atoms with Gasteiger partial charge in [0, 0.05) is 6.07 Å². The molecule has 0 atom stereocenters. The average molecular weight is 209 g/mol. The van der Waals surface area contributed by atoms with Gasteiger partial charge >= 0.3 is 0 Å². The van der Waals surface area contributed by atoms with Crippen molar-refractivity contribution >= 4 is 29.1 Å². The maximum absolute atomic E-state index is 12.9. The molecular weight excluding hydrogens is 206 g/mol. The number of hydrogen-bond acceptors (Lipinski definition) is 2. The van der Waals surface area contributed by atoms with Crippen molar-refractivity contribution in [1.29, 1.82) is 0 Å². The van der Waals surface area contributed by atoms with Crippen LogP contribution in [0.4, 0.5) is 4.39 Å². The Bertz CT molecular complexity index is 319. The van der Waals surface area contributed by atoms with E-state index in [4.69, 9.17) is 28.9 Å². The second-order valence-corrected chi connectivity index (χ2v) is 2.70. The zero-order chi connectivity index (χ0) is 9.30. The van der Waals surface area contributed by atoms with E-state index in [0.29, 0.717) is 0 Å². The fourth-order valence-electron chi connectivity index (χ4n) is 0.677. The second-order valence-electron chi connectivity index (χ2n) is 1.96. The monoisotopic (exact) mass is 208 g/mol. The fourth-order valence-corrected chi connectivity index (χ4v) is 1.17. The number of carbonyl (C=O) groups is 1. The van der Waals surface area contributed by atoms with E-state index in [0.717, 1.165) is 6.07 Å². The Hall–Kier alpha value is -0.870. The third-order valence-electron chi connectivity index (χ3n) is 1.14. The molecule has 12 heavy (non-hydrogen) atoms. The molecule has 64 valence electrons. The highest BCUT2D eigenvalue weighted by molar-refractivity contribution is 6.34. The number of carbonyl (C=O) groups excluding carboxylic acids is 1. The number of rotatable bonds is 1. The Kier molecular flexibility index (Phi) is 2.49. The van der Waals surface area contributed by atoms with Crippen LogP contribution in [0.5, 0.6) is 0 Å². The third-order valence-corrected chi connectivity index (χ3v) is 1.61. The van der Waals surface area contributed by atoms with Crippen LogP contribution >= 0.6 is 23.2 Å². The summed E-state index contributed by atoms with van der Waals surface area (Å²) in [6.45, 7) is 0. The van der Waals surface area contributed by atoms with Crippen LogP contribution in [0.2, 0.25) is 10.3 Å². The molecule has 0 aliphatic heterocycles. The molecule has 0 saturated carbocycles. The Morgan fingerprint density at radius 2 is 2.17 bits per heavy atom. The molecule has 0 saturated heterocycles. The number of nitrogens with zero attached hydrogens (tertiary/aromatic N) is 1. The maximum Gasteiger partial charge on any atom is 0.254 e.